The number of aromatic nitrogens is 6. The molecule has 0 aliphatic heterocycles. The molecule has 8 aromatic rings. The van der Waals surface area contributed by atoms with Gasteiger partial charge in [0.2, 0.25) is 0 Å². The highest BCUT2D eigenvalue weighted by atomic mass is 16.5. The Morgan fingerprint density at radius 3 is 1.31 bits per heavy atom. The molecule has 0 bridgehead atoms. The molecule has 0 fully saturated rings. The van der Waals surface area contributed by atoms with Gasteiger partial charge in [-0.25, -0.2) is 28.6 Å². The summed E-state index contributed by atoms with van der Waals surface area (Å²) in [7, 11) is 0. The molecule has 0 saturated heterocycles. The third kappa shape index (κ3) is 5.49. The van der Waals surface area contributed by atoms with E-state index in [9.17, 15) is 9.59 Å². The van der Waals surface area contributed by atoms with E-state index < -0.39 is 11.9 Å². The number of benzene rings is 4. The molecule has 0 radical (unpaired) electrons. The lowest BCUT2D eigenvalue weighted by molar-refractivity contribution is 0.0510. The fraction of sp³-hybridized carbons (Fsp3) is 0.105. The number of hydrogen-bond acceptors (Lipinski definition) is 8. The highest BCUT2D eigenvalue weighted by Gasteiger charge is 2.24. The van der Waals surface area contributed by atoms with Gasteiger partial charge >= 0.3 is 11.9 Å². The number of carbonyl (C=O) groups is 2. The minimum atomic E-state index is -0.427. The van der Waals surface area contributed by atoms with E-state index in [0.29, 0.717) is 24.6 Å². The van der Waals surface area contributed by atoms with Gasteiger partial charge in [-0.2, -0.15) is 10.2 Å². The standard InChI is InChI=1S/2C19H15N3O2/c2*1-2-24-19(23)17-16(13-8-4-3-5-9-13)18-14-10-6-7-11-15(14)20-12-22(18)21-17/h2*3-12H,2H2,1H3. The third-order valence-corrected chi connectivity index (χ3v) is 7.81. The molecule has 0 saturated carbocycles. The van der Waals surface area contributed by atoms with E-state index in [1.54, 1.807) is 35.5 Å². The molecule has 48 heavy (non-hydrogen) atoms. The lowest BCUT2D eigenvalue weighted by atomic mass is 10.0. The second-order valence-corrected chi connectivity index (χ2v) is 10.7. The summed E-state index contributed by atoms with van der Waals surface area (Å²) >= 11 is 0. The predicted octanol–water partition coefficient (Wildman–Crippen LogP) is 7.45. The van der Waals surface area contributed by atoms with Crippen molar-refractivity contribution in [1.82, 2.24) is 29.2 Å². The van der Waals surface area contributed by atoms with Crippen LogP contribution in [-0.4, -0.2) is 54.3 Å². The molecule has 0 atom stereocenters. The number of nitrogens with zero attached hydrogens (tertiary/aromatic N) is 6. The highest BCUT2D eigenvalue weighted by molar-refractivity contribution is 6.09. The zero-order valence-corrected chi connectivity index (χ0v) is 26.3. The Morgan fingerprint density at radius 1 is 0.542 bits per heavy atom. The van der Waals surface area contributed by atoms with Crippen LogP contribution in [0.5, 0.6) is 0 Å². The Kier molecular flexibility index (Phi) is 8.27. The lowest BCUT2D eigenvalue weighted by Crippen LogP contribution is -2.07. The van der Waals surface area contributed by atoms with E-state index in [4.69, 9.17) is 9.47 Å². The average molecular weight is 635 g/mol. The molecule has 8 rings (SSSR count). The Bertz CT molecular complexity index is 2250. The van der Waals surface area contributed by atoms with E-state index >= 15 is 0 Å². The predicted molar refractivity (Wildman–Crippen MR) is 184 cm³/mol. The van der Waals surface area contributed by atoms with Crippen molar-refractivity contribution in [2.75, 3.05) is 13.2 Å². The molecule has 236 valence electrons. The van der Waals surface area contributed by atoms with Gasteiger partial charge in [-0.15, -0.1) is 0 Å². The van der Waals surface area contributed by atoms with E-state index in [1.807, 2.05) is 109 Å². The number of fused-ring (bicyclic) bond motifs is 6. The molecule has 0 aliphatic rings. The van der Waals surface area contributed by atoms with Crippen LogP contribution in [0.15, 0.2) is 122 Å². The molecule has 0 unspecified atom stereocenters. The van der Waals surface area contributed by atoms with Crippen LogP contribution in [0.2, 0.25) is 0 Å². The first kappa shape index (κ1) is 30.2. The van der Waals surface area contributed by atoms with Crippen molar-refractivity contribution in [3.05, 3.63) is 133 Å². The summed E-state index contributed by atoms with van der Waals surface area (Å²) in [6.45, 7) is 4.18. The minimum absolute atomic E-state index is 0.305. The number of rotatable bonds is 6. The first-order valence-electron chi connectivity index (χ1n) is 15.6. The second kappa shape index (κ2) is 13.1. The molecule has 0 aliphatic carbocycles. The molecule has 10 nitrogen and oxygen atoms in total. The van der Waals surface area contributed by atoms with Crippen LogP contribution in [0.25, 0.3) is 55.1 Å². The van der Waals surface area contributed by atoms with Crippen LogP contribution < -0.4 is 0 Å². The van der Waals surface area contributed by atoms with E-state index in [1.165, 1.54) is 0 Å². The fourth-order valence-corrected chi connectivity index (χ4v) is 5.80. The summed E-state index contributed by atoms with van der Waals surface area (Å²) in [5.74, 6) is -0.853. The van der Waals surface area contributed by atoms with Gasteiger partial charge in [0.1, 0.15) is 12.7 Å². The van der Waals surface area contributed by atoms with Crippen LogP contribution in [0.3, 0.4) is 0 Å². The van der Waals surface area contributed by atoms with E-state index in [-0.39, 0.29) is 0 Å². The molecule has 4 heterocycles. The molecule has 0 N–H and O–H groups in total. The van der Waals surface area contributed by atoms with Crippen LogP contribution >= 0.6 is 0 Å². The van der Waals surface area contributed by atoms with Crippen molar-refractivity contribution in [1.29, 1.82) is 0 Å². The van der Waals surface area contributed by atoms with Crippen LogP contribution in [0.1, 0.15) is 34.8 Å². The Labute approximate surface area is 275 Å². The summed E-state index contributed by atoms with van der Waals surface area (Å²) in [5.41, 5.74) is 7.43. The maximum Gasteiger partial charge on any atom is 0.359 e. The van der Waals surface area contributed by atoms with Crippen molar-refractivity contribution >= 4 is 44.8 Å². The van der Waals surface area contributed by atoms with Crippen LogP contribution in [0, 0.1) is 0 Å². The Hall–Kier alpha value is -6.42. The number of ether oxygens (including phenoxy) is 2. The van der Waals surface area contributed by atoms with Crippen molar-refractivity contribution in [3.63, 3.8) is 0 Å². The first-order chi connectivity index (χ1) is 23.6. The molecule has 4 aromatic heterocycles. The zero-order chi connectivity index (χ0) is 33.0. The molecule has 0 spiro atoms. The molecule has 4 aromatic carbocycles. The van der Waals surface area contributed by atoms with Gasteiger partial charge in [0.05, 0.1) is 35.3 Å². The summed E-state index contributed by atoms with van der Waals surface area (Å²) in [5, 5.41) is 10.8. The number of hydrogen-bond donors (Lipinski definition) is 0. The van der Waals surface area contributed by atoms with Gasteiger partial charge in [0, 0.05) is 21.9 Å². The molecule has 10 heteroatoms. The van der Waals surface area contributed by atoms with Crippen molar-refractivity contribution in [2.24, 2.45) is 0 Å². The number of carbonyl (C=O) groups excluding carboxylic acids is 2. The van der Waals surface area contributed by atoms with E-state index in [0.717, 1.165) is 55.1 Å². The monoisotopic (exact) mass is 634 g/mol. The van der Waals surface area contributed by atoms with Gasteiger partial charge in [-0.3, -0.25) is 0 Å². The SMILES string of the molecule is CCOC(=O)c1nn2cnc3ccccc3c2c1-c1ccccc1.CCOC(=O)c1nn2cnc3ccccc3c2c1-c1ccccc1. The molecular formula is C38H30N6O4. The van der Waals surface area contributed by atoms with Crippen LogP contribution in [0.4, 0.5) is 0 Å². The summed E-state index contributed by atoms with van der Waals surface area (Å²) in [4.78, 5) is 33.7. The lowest BCUT2D eigenvalue weighted by Gasteiger charge is -2.05. The normalized spacial score (nSPS) is 11.0. The maximum atomic E-state index is 12.4. The summed E-state index contributed by atoms with van der Waals surface area (Å²) in [6.07, 6.45) is 3.26. The Balaban J connectivity index is 0.000000152. The largest absolute Gasteiger partial charge is 0.461 e. The number of para-hydroxylation sites is 2. The van der Waals surface area contributed by atoms with Gasteiger partial charge in [0.25, 0.3) is 0 Å². The quantitative estimate of drug-likeness (QED) is 0.173. The van der Waals surface area contributed by atoms with Gasteiger partial charge in [-0.1, -0.05) is 97.1 Å². The van der Waals surface area contributed by atoms with Crippen molar-refractivity contribution in [2.45, 2.75) is 13.8 Å². The second-order valence-electron chi connectivity index (χ2n) is 10.7. The molecular weight excluding hydrogens is 604 g/mol. The zero-order valence-electron chi connectivity index (χ0n) is 26.3. The smallest absolute Gasteiger partial charge is 0.359 e. The maximum absolute atomic E-state index is 12.4. The summed E-state index contributed by atoms with van der Waals surface area (Å²) in [6, 6.07) is 35.2. The minimum Gasteiger partial charge on any atom is -0.461 e. The first-order valence-corrected chi connectivity index (χ1v) is 15.6. The third-order valence-electron chi connectivity index (χ3n) is 7.81. The average Bonchev–Trinajstić information content (AvgIpc) is 3.73. The van der Waals surface area contributed by atoms with Gasteiger partial charge in [-0.05, 0) is 37.1 Å². The van der Waals surface area contributed by atoms with Gasteiger partial charge < -0.3 is 9.47 Å². The molecule has 0 amide bonds. The van der Waals surface area contributed by atoms with Gasteiger partial charge in [0.15, 0.2) is 11.4 Å². The Morgan fingerprint density at radius 2 is 0.917 bits per heavy atom. The summed E-state index contributed by atoms with van der Waals surface area (Å²) < 4.78 is 13.7. The van der Waals surface area contributed by atoms with E-state index in [2.05, 4.69) is 20.2 Å². The number of esters is 2. The van der Waals surface area contributed by atoms with Crippen molar-refractivity contribution < 1.29 is 19.1 Å². The topological polar surface area (TPSA) is 113 Å². The van der Waals surface area contributed by atoms with Crippen molar-refractivity contribution in [3.8, 4) is 22.3 Å². The van der Waals surface area contributed by atoms with Crippen LogP contribution in [-0.2, 0) is 9.47 Å². The highest BCUT2D eigenvalue weighted by Crippen LogP contribution is 2.34. The fourth-order valence-electron chi connectivity index (χ4n) is 5.80.